The van der Waals surface area contributed by atoms with Crippen LogP contribution in [0.3, 0.4) is 0 Å². The van der Waals surface area contributed by atoms with Crippen molar-refractivity contribution in [2.24, 2.45) is 0 Å². The first-order chi connectivity index (χ1) is 11.8. The van der Waals surface area contributed by atoms with Crippen LogP contribution in [0.2, 0.25) is 0 Å². The van der Waals surface area contributed by atoms with E-state index < -0.39 is 0 Å². The van der Waals surface area contributed by atoms with Gasteiger partial charge in [0.05, 0.1) is 17.8 Å². The van der Waals surface area contributed by atoms with E-state index in [4.69, 9.17) is 4.74 Å². The van der Waals surface area contributed by atoms with Crippen molar-refractivity contribution in [3.05, 3.63) is 72.1 Å². The number of aromatic nitrogens is 4. The lowest BCUT2D eigenvalue weighted by Gasteiger charge is -2.19. The SMILES string of the molecule is COC(CNC(C)c1nnnn1-c1ccccc1)c1ccccc1. The Morgan fingerprint density at radius 2 is 1.71 bits per heavy atom. The van der Waals surface area contributed by atoms with Crippen LogP contribution < -0.4 is 5.32 Å². The Balaban J connectivity index is 1.70. The van der Waals surface area contributed by atoms with E-state index in [1.54, 1.807) is 11.8 Å². The van der Waals surface area contributed by atoms with Crippen LogP contribution in [0.4, 0.5) is 0 Å². The summed E-state index contributed by atoms with van der Waals surface area (Å²) in [5, 5.41) is 15.5. The third kappa shape index (κ3) is 3.67. The number of tetrazole rings is 1. The van der Waals surface area contributed by atoms with Crippen LogP contribution in [0, 0.1) is 0 Å². The molecule has 24 heavy (non-hydrogen) atoms. The maximum absolute atomic E-state index is 5.60. The van der Waals surface area contributed by atoms with E-state index in [1.807, 2.05) is 55.5 Å². The molecular weight excluding hydrogens is 302 g/mol. The molecule has 0 aliphatic rings. The fraction of sp³-hybridized carbons (Fsp3) is 0.278. The van der Waals surface area contributed by atoms with Crippen molar-refractivity contribution in [3.63, 3.8) is 0 Å². The molecule has 0 spiro atoms. The van der Waals surface area contributed by atoms with Gasteiger partial charge in [0.2, 0.25) is 0 Å². The predicted molar refractivity (Wildman–Crippen MR) is 91.8 cm³/mol. The number of para-hydroxylation sites is 1. The summed E-state index contributed by atoms with van der Waals surface area (Å²) in [6.07, 6.45) is -0.0188. The Hall–Kier alpha value is -2.57. The average molecular weight is 323 g/mol. The van der Waals surface area contributed by atoms with Crippen LogP contribution in [0.5, 0.6) is 0 Å². The van der Waals surface area contributed by atoms with E-state index in [-0.39, 0.29) is 12.1 Å². The minimum absolute atomic E-state index is 0.0124. The second kappa shape index (κ2) is 7.81. The molecule has 0 fully saturated rings. The van der Waals surface area contributed by atoms with Gasteiger partial charge in [0.25, 0.3) is 0 Å². The number of benzene rings is 2. The number of methoxy groups -OCH3 is 1. The van der Waals surface area contributed by atoms with E-state index in [0.717, 1.165) is 17.1 Å². The summed E-state index contributed by atoms with van der Waals surface area (Å²) >= 11 is 0. The minimum Gasteiger partial charge on any atom is -0.375 e. The molecule has 0 amide bonds. The molecule has 1 aromatic heterocycles. The van der Waals surface area contributed by atoms with E-state index in [9.17, 15) is 0 Å². The average Bonchev–Trinajstić information content (AvgIpc) is 3.13. The van der Waals surface area contributed by atoms with Crippen LogP contribution in [0.25, 0.3) is 5.69 Å². The van der Waals surface area contributed by atoms with Crippen molar-refractivity contribution >= 4 is 0 Å². The Morgan fingerprint density at radius 1 is 1.04 bits per heavy atom. The number of nitrogens with one attached hydrogen (secondary N) is 1. The molecule has 6 nitrogen and oxygen atoms in total. The second-order valence-electron chi connectivity index (χ2n) is 5.55. The number of ether oxygens (including phenoxy) is 1. The normalized spacial score (nSPS) is 13.6. The largest absolute Gasteiger partial charge is 0.375 e. The van der Waals surface area contributed by atoms with Crippen molar-refractivity contribution < 1.29 is 4.74 Å². The first kappa shape index (κ1) is 16.3. The summed E-state index contributed by atoms with van der Waals surface area (Å²) in [6, 6.07) is 20.0. The first-order valence-corrected chi connectivity index (χ1v) is 7.94. The highest BCUT2D eigenvalue weighted by molar-refractivity contribution is 5.30. The van der Waals surface area contributed by atoms with Crippen molar-refractivity contribution in [2.45, 2.75) is 19.1 Å². The standard InChI is InChI=1S/C18H21N5O/c1-14(19-13-17(24-2)15-9-5-3-6-10-15)18-20-21-22-23(18)16-11-7-4-8-12-16/h3-12,14,17,19H,13H2,1-2H3. The molecule has 0 radical (unpaired) electrons. The van der Waals surface area contributed by atoms with Gasteiger partial charge in [0.15, 0.2) is 5.82 Å². The maximum Gasteiger partial charge on any atom is 0.173 e. The molecule has 3 rings (SSSR count). The van der Waals surface area contributed by atoms with Crippen molar-refractivity contribution in [1.82, 2.24) is 25.5 Å². The maximum atomic E-state index is 5.60. The summed E-state index contributed by atoms with van der Waals surface area (Å²) in [5.74, 6) is 0.768. The highest BCUT2D eigenvalue weighted by atomic mass is 16.5. The van der Waals surface area contributed by atoms with Crippen molar-refractivity contribution in [3.8, 4) is 5.69 Å². The van der Waals surface area contributed by atoms with Gasteiger partial charge in [0.1, 0.15) is 0 Å². The van der Waals surface area contributed by atoms with Crippen LogP contribution in [0.15, 0.2) is 60.7 Å². The molecule has 0 aliphatic heterocycles. The zero-order valence-corrected chi connectivity index (χ0v) is 13.8. The second-order valence-corrected chi connectivity index (χ2v) is 5.55. The van der Waals surface area contributed by atoms with Crippen LogP contribution >= 0.6 is 0 Å². The van der Waals surface area contributed by atoms with Gasteiger partial charge in [-0.1, -0.05) is 48.5 Å². The zero-order valence-electron chi connectivity index (χ0n) is 13.8. The minimum atomic E-state index is -0.0188. The molecule has 1 N–H and O–H groups in total. The Kier molecular flexibility index (Phi) is 5.30. The van der Waals surface area contributed by atoms with Gasteiger partial charge < -0.3 is 10.1 Å². The van der Waals surface area contributed by atoms with Gasteiger partial charge in [-0.3, -0.25) is 0 Å². The molecule has 0 aliphatic carbocycles. The van der Waals surface area contributed by atoms with Gasteiger partial charge in [-0.2, -0.15) is 4.68 Å². The van der Waals surface area contributed by atoms with Crippen LogP contribution in [0.1, 0.15) is 30.5 Å². The quantitative estimate of drug-likeness (QED) is 0.724. The monoisotopic (exact) mass is 323 g/mol. The molecule has 6 heteroatoms. The van der Waals surface area contributed by atoms with Gasteiger partial charge in [-0.25, -0.2) is 0 Å². The molecule has 2 atom stereocenters. The molecule has 1 heterocycles. The zero-order chi connectivity index (χ0) is 16.8. The van der Waals surface area contributed by atoms with Crippen molar-refractivity contribution in [1.29, 1.82) is 0 Å². The first-order valence-electron chi connectivity index (χ1n) is 7.94. The summed E-state index contributed by atoms with van der Waals surface area (Å²) < 4.78 is 7.35. The highest BCUT2D eigenvalue weighted by Crippen LogP contribution is 2.18. The molecule has 2 aromatic carbocycles. The molecule has 124 valence electrons. The number of nitrogens with zero attached hydrogens (tertiary/aromatic N) is 4. The van der Waals surface area contributed by atoms with Crippen LogP contribution in [-0.4, -0.2) is 33.9 Å². The topological polar surface area (TPSA) is 64.9 Å². The highest BCUT2D eigenvalue weighted by Gasteiger charge is 2.18. The van der Waals surface area contributed by atoms with E-state index in [1.165, 1.54) is 0 Å². The fourth-order valence-electron chi connectivity index (χ4n) is 2.60. The third-order valence-corrected chi connectivity index (χ3v) is 3.95. The number of hydrogen-bond acceptors (Lipinski definition) is 5. The van der Waals surface area contributed by atoms with E-state index >= 15 is 0 Å². The van der Waals surface area contributed by atoms with Crippen molar-refractivity contribution in [2.75, 3.05) is 13.7 Å². The molecular formula is C18H21N5O. The van der Waals surface area contributed by atoms with E-state index in [0.29, 0.717) is 6.54 Å². The Labute approximate surface area is 141 Å². The van der Waals surface area contributed by atoms with Gasteiger partial charge in [-0.15, -0.1) is 5.10 Å². The third-order valence-electron chi connectivity index (χ3n) is 3.95. The lowest BCUT2D eigenvalue weighted by atomic mass is 10.1. The lowest BCUT2D eigenvalue weighted by molar-refractivity contribution is 0.0995. The Bertz CT molecular complexity index is 744. The summed E-state index contributed by atoms with van der Waals surface area (Å²) in [5.41, 5.74) is 2.08. The molecule has 0 bridgehead atoms. The summed E-state index contributed by atoms with van der Waals surface area (Å²) in [6.45, 7) is 2.71. The number of rotatable bonds is 7. The van der Waals surface area contributed by atoms with E-state index in [2.05, 4.69) is 33.0 Å². The predicted octanol–water partition coefficient (Wildman–Crippen LogP) is 2.70. The fourth-order valence-corrected chi connectivity index (χ4v) is 2.60. The lowest BCUT2D eigenvalue weighted by Crippen LogP contribution is -2.27. The van der Waals surface area contributed by atoms with Gasteiger partial charge in [0, 0.05) is 13.7 Å². The molecule has 2 unspecified atom stereocenters. The molecule has 0 saturated heterocycles. The van der Waals surface area contributed by atoms with Gasteiger partial charge in [-0.05, 0) is 35.0 Å². The number of hydrogen-bond donors (Lipinski definition) is 1. The smallest absolute Gasteiger partial charge is 0.173 e. The van der Waals surface area contributed by atoms with Gasteiger partial charge >= 0.3 is 0 Å². The molecule has 0 saturated carbocycles. The summed E-state index contributed by atoms with van der Waals surface area (Å²) in [7, 11) is 1.72. The van der Waals surface area contributed by atoms with Crippen LogP contribution in [-0.2, 0) is 4.74 Å². The molecule has 3 aromatic rings. The summed E-state index contributed by atoms with van der Waals surface area (Å²) in [4.78, 5) is 0. The Morgan fingerprint density at radius 3 is 2.38 bits per heavy atom.